The van der Waals surface area contributed by atoms with Crippen LogP contribution in [0.3, 0.4) is 0 Å². The Labute approximate surface area is 128 Å². The molecule has 7 heteroatoms. The summed E-state index contributed by atoms with van der Waals surface area (Å²) in [5.41, 5.74) is 2.55. The average molecular weight is 301 g/mol. The van der Waals surface area contributed by atoms with Gasteiger partial charge in [-0.15, -0.1) is 0 Å². The normalized spacial score (nSPS) is 24.8. The van der Waals surface area contributed by atoms with E-state index in [0.29, 0.717) is 13.1 Å². The predicted octanol–water partition coefficient (Wildman–Crippen LogP) is 1.42. The minimum Gasteiger partial charge on any atom is -0.439 e. The van der Waals surface area contributed by atoms with Gasteiger partial charge in [-0.05, 0) is 26.7 Å². The first-order valence-electron chi connectivity index (χ1n) is 7.61. The Balaban J connectivity index is 1.77. The van der Waals surface area contributed by atoms with Gasteiger partial charge in [0.05, 0.1) is 19.3 Å². The monoisotopic (exact) mass is 301 g/mol. The smallest absolute Gasteiger partial charge is 0.407 e. The molecule has 4 heterocycles. The lowest BCUT2D eigenvalue weighted by Gasteiger charge is -2.39. The summed E-state index contributed by atoms with van der Waals surface area (Å²) in [5.74, 6) is 1.05. The lowest BCUT2D eigenvalue weighted by molar-refractivity contribution is 0.0444. The van der Waals surface area contributed by atoms with Gasteiger partial charge in [0, 0.05) is 23.9 Å². The number of anilines is 1. The zero-order chi connectivity index (χ0) is 15.3. The summed E-state index contributed by atoms with van der Waals surface area (Å²) < 4.78 is 7.45. The quantitative estimate of drug-likeness (QED) is 0.862. The van der Waals surface area contributed by atoms with E-state index < -0.39 is 5.60 Å². The molecule has 2 fully saturated rings. The Morgan fingerprint density at radius 3 is 3.05 bits per heavy atom. The summed E-state index contributed by atoms with van der Waals surface area (Å²) in [4.78, 5) is 18.3. The largest absolute Gasteiger partial charge is 0.439 e. The number of nitrogens with one attached hydrogen (secondary N) is 1. The van der Waals surface area contributed by atoms with E-state index in [0.717, 1.165) is 42.1 Å². The van der Waals surface area contributed by atoms with Crippen LogP contribution in [0.2, 0.25) is 0 Å². The van der Waals surface area contributed by atoms with E-state index in [2.05, 4.69) is 27.2 Å². The van der Waals surface area contributed by atoms with Crippen LogP contribution in [0, 0.1) is 13.8 Å². The zero-order valence-corrected chi connectivity index (χ0v) is 12.8. The summed E-state index contributed by atoms with van der Waals surface area (Å²) in [6.07, 6.45) is 3.34. The predicted molar refractivity (Wildman–Crippen MR) is 81.1 cm³/mol. The maximum Gasteiger partial charge on any atom is 0.407 e. The number of ether oxygens (including phenoxy) is 1. The number of carbonyl (C=O) groups excluding carboxylic acids is 1. The van der Waals surface area contributed by atoms with Crippen LogP contribution in [0.1, 0.15) is 24.1 Å². The van der Waals surface area contributed by atoms with Crippen LogP contribution in [-0.2, 0) is 4.74 Å². The Kier molecular flexibility index (Phi) is 2.79. The summed E-state index contributed by atoms with van der Waals surface area (Å²) >= 11 is 0. The molecule has 0 saturated carbocycles. The fraction of sp³-hybridized carbons (Fsp3) is 0.533. The van der Waals surface area contributed by atoms with Crippen molar-refractivity contribution >= 4 is 17.6 Å². The maximum atomic E-state index is 11.5. The molecule has 0 aliphatic carbocycles. The molecule has 1 unspecified atom stereocenters. The Hall–Kier alpha value is -2.31. The van der Waals surface area contributed by atoms with Crippen LogP contribution in [0.15, 0.2) is 12.3 Å². The molecule has 2 aliphatic heterocycles. The molecule has 1 N–H and O–H groups in total. The number of hydrogen-bond acceptors (Lipinski definition) is 5. The van der Waals surface area contributed by atoms with Gasteiger partial charge in [0.2, 0.25) is 0 Å². The van der Waals surface area contributed by atoms with Crippen molar-refractivity contribution in [3.8, 4) is 0 Å². The lowest BCUT2D eigenvalue weighted by atomic mass is 9.93. The molecule has 2 aliphatic rings. The van der Waals surface area contributed by atoms with Crippen molar-refractivity contribution in [3.63, 3.8) is 0 Å². The van der Waals surface area contributed by atoms with Crippen LogP contribution in [-0.4, -0.2) is 45.9 Å². The third kappa shape index (κ3) is 1.92. The fourth-order valence-electron chi connectivity index (χ4n) is 3.50. The molecule has 2 saturated heterocycles. The minimum absolute atomic E-state index is 0.311. The summed E-state index contributed by atoms with van der Waals surface area (Å²) in [5, 5.41) is 7.20. The highest BCUT2D eigenvalue weighted by atomic mass is 16.6. The van der Waals surface area contributed by atoms with Crippen molar-refractivity contribution in [1.82, 2.24) is 19.9 Å². The fourth-order valence-corrected chi connectivity index (χ4v) is 3.50. The van der Waals surface area contributed by atoms with Gasteiger partial charge in [-0.25, -0.2) is 9.78 Å². The second-order valence-electron chi connectivity index (χ2n) is 6.20. The molecule has 116 valence electrons. The lowest BCUT2D eigenvalue weighted by Crippen LogP contribution is -2.51. The summed E-state index contributed by atoms with van der Waals surface area (Å²) in [6.45, 7) is 6.28. The van der Waals surface area contributed by atoms with Crippen molar-refractivity contribution in [2.45, 2.75) is 32.3 Å². The molecule has 2 aromatic heterocycles. The maximum absolute atomic E-state index is 11.5. The molecule has 7 nitrogen and oxygen atoms in total. The van der Waals surface area contributed by atoms with Gasteiger partial charge < -0.3 is 15.0 Å². The molecule has 2 aromatic rings. The minimum atomic E-state index is -0.418. The molecular formula is C15H19N5O2. The average Bonchev–Trinajstić information content (AvgIpc) is 3.07. The van der Waals surface area contributed by atoms with E-state index in [1.807, 2.05) is 17.5 Å². The number of carbonyl (C=O) groups is 1. The second kappa shape index (κ2) is 4.59. The molecule has 1 atom stereocenters. The highest BCUT2D eigenvalue weighted by Gasteiger charge is 2.44. The topological polar surface area (TPSA) is 71.8 Å². The number of hydrogen-bond donors (Lipinski definition) is 1. The summed E-state index contributed by atoms with van der Waals surface area (Å²) in [7, 11) is 0. The van der Waals surface area contributed by atoms with Crippen molar-refractivity contribution < 1.29 is 9.53 Å². The van der Waals surface area contributed by atoms with Gasteiger partial charge in [0.25, 0.3) is 0 Å². The molecule has 4 rings (SSSR count). The SMILES string of the molecule is Cc1nc2ccnn2c(N2CCCC3(CNC(=O)O3)C2)c1C. The van der Waals surface area contributed by atoms with E-state index in [9.17, 15) is 4.79 Å². The van der Waals surface area contributed by atoms with Gasteiger partial charge >= 0.3 is 6.09 Å². The van der Waals surface area contributed by atoms with Crippen molar-refractivity contribution in [2.75, 3.05) is 24.5 Å². The first-order valence-corrected chi connectivity index (χ1v) is 7.61. The standard InChI is InChI=1S/C15H19N5O2/c1-10-11(2)18-12-4-6-17-20(12)13(10)19-7-3-5-15(9-19)8-16-14(21)22-15/h4,6H,3,5,7-9H2,1-2H3,(H,16,21). The molecule has 1 amide bonds. The van der Waals surface area contributed by atoms with Gasteiger partial charge in [-0.3, -0.25) is 0 Å². The van der Waals surface area contributed by atoms with Crippen LogP contribution < -0.4 is 10.2 Å². The molecule has 0 bridgehead atoms. The Bertz CT molecular complexity index is 756. The van der Waals surface area contributed by atoms with Crippen LogP contribution in [0.5, 0.6) is 0 Å². The van der Waals surface area contributed by atoms with E-state index in [-0.39, 0.29) is 6.09 Å². The van der Waals surface area contributed by atoms with Gasteiger partial charge in [-0.1, -0.05) is 0 Å². The zero-order valence-electron chi connectivity index (χ0n) is 12.8. The van der Waals surface area contributed by atoms with Crippen LogP contribution >= 0.6 is 0 Å². The highest BCUT2D eigenvalue weighted by molar-refractivity contribution is 5.70. The number of fused-ring (bicyclic) bond motifs is 1. The van der Waals surface area contributed by atoms with Gasteiger partial charge in [0.1, 0.15) is 11.4 Å². The number of aromatic nitrogens is 3. The highest BCUT2D eigenvalue weighted by Crippen LogP contribution is 2.33. The van der Waals surface area contributed by atoms with E-state index in [1.54, 1.807) is 6.20 Å². The molecule has 22 heavy (non-hydrogen) atoms. The molecule has 0 radical (unpaired) electrons. The van der Waals surface area contributed by atoms with Crippen LogP contribution in [0.4, 0.5) is 10.6 Å². The first kappa shape index (κ1) is 13.4. The second-order valence-corrected chi connectivity index (χ2v) is 6.20. The van der Waals surface area contributed by atoms with Gasteiger partial charge in [0.15, 0.2) is 5.65 Å². The van der Waals surface area contributed by atoms with E-state index in [4.69, 9.17) is 4.74 Å². The molecular weight excluding hydrogens is 282 g/mol. The van der Waals surface area contributed by atoms with Crippen molar-refractivity contribution in [1.29, 1.82) is 0 Å². The van der Waals surface area contributed by atoms with E-state index >= 15 is 0 Å². The number of rotatable bonds is 1. The summed E-state index contributed by atoms with van der Waals surface area (Å²) in [6, 6.07) is 1.91. The third-order valence-corrected chi connectivity index (χ3v) is 4.69. The molecule has 1 spiro atoms. The number of alkyl carbamates (subject to hydrolysis) is 1. The first-order chi connectivity index (χ1) is 10.6. The Morgan fingerprint density at radius 1 is 1.41 bits per heavy atom. The van der Waals surface area contributed by atoms with E-state index in [1.165, 1.54) is 0 Å². The molecule has 0 aromatic carbocycles. The number of aryl methyl sites for hydroxylation is 1. The Morgan fingerprint density at radius 2 is 2.27 bits per heavy atom. The number of piperidine rings is 1. The third-order valence-electron chi connectivity index (χ3n) is 4.69. The van der Waals surface area contributed by atoms with Crippen LogP contribution in [0.25, 0.3) is 5.65 Å². The van der Waals surface area contributed by atoms with Crippen molar-refractivity contribution in [3.05, 3.63) is 23.5 Å². The number of amides is 1. The van der Waals surface area contributed by atoms with Gasteiger partial charge in [-0.2, -0.15) is 9.61 Å². The number of nitrogens with zero attached hydrogens (tertiary/aromatic N) is 4. The van der Waals surface area contributed by atoms with Crippen molar-refractivity contribution in [2.24, 2.45) is 0 Å².